The number of likely N-dealkylation sites (tertiary alicyclic amines) is 1. The van der Waals surface area contributed by atoms with E-state index in [1.54, 1.807) is 4.90 Å². The summed E-state index contributed by atoms with van der Waals surface area (Å²) in [6, 6.07) is 9.00. The molecule has 0 spiro atoms. The Kier molecular flexibility index (Phi) is 7.10. The van der Waals surface area contributed by atoms with Crippen LogP contribution in [0.4, 0.5) is 0 Å². The molecule has 0 aliphatic carbocycles. The third-order valence-corrected chi connectivity index (χ3v) is 4.97. The van der Waals surface area contributed by atoms with Crippen LogP contribution in [0, 0.1) is 11.8 Å². The molecule has 1 amide bonds. The molecule has 0 aromatic heterocycles. The van der Waals surface area contributed by atoms with Gasteiger partial charge in [0.2, 0.25) is 5.91 Å². The van der Waals surface area contributed by atoms with Gasteiger partial charge in [0.05, 0.1) is 13.1 Å². The standard InChI is InChI=1S/C20H32N2O/c1-4-17-5-7-18(8-6-17)15-22-13-10-19(11-14-22)20(23)21-12-9-16(2)3/h5-8,16,19H,4,9-15H2,1-3H3,(H,21,23)/p+1. The molecule has 3 nitrogen and oxygen atoms in total. The highest BCUT2D eigenvalue weighted by atomic mass is 16.1. The number of benzene rings is 1. The number of quaternary nitrogens is 1. The maximum absolute atomic E-state index is 12.2. The van der Waals surface area contributed by atoms with Gasteiger partial charge in [-0.15, -0.1) is 0 Å². The molecule has 0 unspecified atom stereocenters. The van der Waals surface area contributed by atoms with E-state index in [0.717, 1.165) is 51.9 Å². The number of hydrogen-bond acceptors (Lipinski definition) is 1. The van der Waals surface area contributed by atoms with Gasteiger partial charge in [-0.25, -0.2) is 0 Å². The number of piperidine rings is 1. The molecular weight excluding hydrogens is 284 g/mol. The molecule has 1 aliphatic heterocycles. The van der Waals surface area contributed by atoms with Crippen LogP contribution in [0.5, 0.6) is 0 Å². The van der Waals surface area contributed by atoms with E-state index in [4.69, 9.17) is 0 Å². The van der Waals surface area contributed by atoms with Gasteiger partial charge >= 0.3 is 0 Å². The molecule has 1 heterocycles. The van der Waals surface area contributed by atoms with Crippen LogP contribution in [-0.4, -0.2) is 25.5 Å². The van der Waals surface area contributed by atoms with Crippen molar-refractivity contribution in [3.8, 4) is 0 Å². The summed E-state index contributed by atoms with van der Waals surface area (Å²) in [5, 5.41) is 3.11. The van der Waals surface area contributed by atoms with Crippen molar-refractivity contribution in [2.24, 2.45) is 11.8 Å². The fraction of sp³-hybridized carbons (Fsp3) is 0.650. The van der Waals surface area contributed by atoms with Crippen LogP contribution in [0.3, 0.4) is 0 Å². The molecule has 0 saturated carbocycles. The van der Waals surface area contributed by atoms with Gasteiger partial charge < -0.3 is 10.2 Å². The first-order chi connectivity index (χ1) is 11.1. The monoisotopic (exact) mass is 317 g/mol. The van der Waals surface area contributed by atoms with E-state index < -0.39 is 0 Å². The molecule has 1 aromatic carbocycles. The number of carbonyl (C=O) groups is 1. The number of hydrogen-bond donors (Lipinski definition) is 2. The first kappa shape index (κ1) is 18.0. The van der Waals surface area contributed by atoms with Crippen molar-refractivity contribution in [3.63, 3.8) is 0 Å². The van der Waals surface area contributed by atoms with Crippen LogP contribution in [-0.2, 0) is 17.8 Å². The van der Waals surface area contributed by atoms with Crippen molar-refractivity contribution in [2.75, 3.05) is 19.6 Å². The van der Waals surface area contributed by atoms with Crippen molar-refractivity contribution in [1.29, 1.82) is 0 Å². The second kappa shape index (κ2) is 9.07. The molecule has 23 heavy (non-hydrogen) atoms. The average molecular weight is 317 g/mol. The maximum Gasteiger partial charge on any atom is 0.223 e. The van der Waals surface area contributed by atoms with Crippen LogP contribution < -0.4 is 10.2 Å². The number of aryl methyl sites for hydroxylation is 1. The Hall–Kier alpha value is -1.35. The van der Waals surface area contributed by atoms with E-state index >= 15 is 0 Å². The molecule has 1 fully saturated rings. The van der Waals surface area contributed by atoms with Gasteiger partial charge in [0.1, 0.15) is 6.54 Å². The lowest BCUT2D eigenvalue weighted by atomic mass is 9.95. The summed E-state index contributed by atoms with van der Waals surface area (Å²) in [5.41, 5.74) is 2.82. The van der Waals surface area contributed by atoms with Crippen molar-refractivity contribution < 1.29 is 9.69 Å². The Morgan fingerprint density at radius 1 is 1.17 bits per heavy atom. The van der Waals surface area contributed by atoms with Gasteiger partial charge in [0, 0.05) is 30.9 Å². The molecular formula is C20H33N2O+. The molecule has 1 aromatic rings. The zero-order chi connectivity index (χ0) is 16.7. The number of amides is 1. The lowest BCUT2D eigenvalue weighted by Gasteiger charge is -2.28. The smallest absolute Gasteiger partial charge is 0.223 e. The third kappa shape index (κ3) is 5.98. The van der Waals surface area contributed by atoms with E-state index in [0.29, 0.717) is 5.92 Å². The largest absolute Gasteiger partial charge is 0.356 e. The summed E-state index contributed by atoms with van der Waals surface area (Å²) in [4.78, 5) is 13.8. The van der Waals surface area contributed by atoms with Crippen LogP contribution in [0.25, 0.3) is 0 Å². The molecule has 1 aliphatic rings. The predicted octanol–water partition coefficient (Wildman–Crippen LogP) is 2.21. The number of carbonyl (C=O) groups excluding carboxylic acids is 1. The summed E-state index contributed by atoms with van der Waals surface area (Å²) in [6.45, 7) is 10.7. The van der Waals surface area contributed by atoms with Gasteiger partial charge in [0.15, 0.2) is 0 Å². The van der Waals surface area contributed by atoms with Crippen molar-refractivity contribution in [2.45, 2.75) is 53.0 Å². The average Bonchev–Trinajstić information content (AvgIpc) is 2.56. The molecule has 2 rings (SSSR count). The summed E-state index contributed by atoms with van der Waals surface area (Å²) in [5.74, 6) is 1.16. The normalized spacial score (nSPS) is 21.4. The topological polar surface area (TPSA) is 33.5 Å². The fourth-order valence-electron chi connectivity index (χ4n) is 3.27. The van der Waals surface area contributed by atoms with Crippen molar-refractivity contribution >= 4 is 5.91 Å². The van der Waals surface area contributed by atoms with Gasteiger partial charge in [0.25, 0.3) is 0 Å². The first-order valence-electron chi connectivity index (χ1n) is 9.27. The van der Waals surface area contributed by atoms with E-state index in [2.05, 4.69) is 50.4 Å². The Labute approximate surface area is 141 Å². The highest BCUT2D eigenvalue weighted by Crippen LogP contribution is 2.11. The quantitative estimate of drug-likeness (QED) is 0.794. The Bertz CT molecular complexity index is 473. The summed E-state index contributed by atoms with van der Waals surface area (Å²) >= 11 is 0. The SMILES string of the molecule is CCc1ccc(C[NH+]2CCC(C(=O)NCCC(C)C)CC2)cc1. The minimum Gasteiger partial charge on any atom is -0.356 e. The van der Waals surface area contributed by atoms with Gasteiger partial charge in [-0.05, 0) is 24.3 Å². The summed E-state index contributed by atoms with van der Waals surface area (Å²) < 4.78 is 0. The van der Waals surface area contributed by atoms with Crippen LogP contribution in [0.2, 0.25) is 0 Å². The van der Waals surface area contributed by atoms with Gasteiger partial charge in [-0.3, -0.25) is 4.79 Å². The maximum atomic E-state index is 12.2. The zero-order valence-electron chi connectivity index (χ0n) is 15.0. The molecule has 2 N–H and O–H groups in total. The Morgan fingerprint density at radius 3 is 2.35 bits per heavy atom. The molecule has 128 valence electrons. The Morgan fingerprint density at radius 2 is 1.78 bits per heavy atom. The predicted molar refractivity (Wildman–Crippen MR) is 95.4 cm³/mol. The van der Waals surface area contributed by atoms with Gasteiger partial charge in [-0.2, -0.15) is 0 Å². The van der Waals surface area contributed by atoms with E-state index in [1.807, 2.05) is 0 Å². The number of rotatable bonds is 7. The van der Waals surface area contributed by atoms with E-state index in [1.165, 1.54) is 11.1 Å². The first-order valence-corrected chi connectivity index (χ1v) is 9.27. The lowest BCUT2D eigenvalue weighted by Crippen LogP contribution is -3.11. The molecule has 0 radical (unpaired) electrons. The minimum absolute atomic E-state index is 0.230. The third-order valence-electron chi connectivity index (χ3n) is 4.97. The molecule has 0 bridgehead atoms. The molecule has 1 saturated heterocycles. The Balaban J connectivity index is 1.71. The van der Waals surface area contributed by atoms with Crippen molar-refractivity contribution in [3.05, 3.63) is 35.4 Å². The summed E-state index contributed by atoms with van der Waals surface area (Å²) in [7, 11) is 0. The minimum atomic E-state index is 0.230. The van der Waals surface area contributed by atoms with Gasteiger partial charge in [-0.1, -0.05) is 45.0 Å². The molecule has 3 heteroatoms. The number of nitrogens with one attached hydrogen (secondary N) is 2. The van der Waals surface area contributed by atoms with Crippen molar-refractivity contribution in [1.82, 2.24) is 5.32 Å². The molecule has 0 atom stereocenters. The fourth-order valence-corrected chi connectivity index (χ4v) is 3.27. The van der Waals surface area contributed by atoms with Crippen LogP contribution in [0.1, 0.15) is 51.2 Å². The highest BCUT2D eigenvalue weighted by molar-refractivity contribution is 5.78. The van der Waals surface area contributed by atoms with E-state index in [-0.39, 0.29) is 11.8 Å². The second-order valence-electron chi connectivity index (χ2n) is 7.34. The zero-order valence-corrected chi connectivity index (χ0v) is 15.0. The highest BCUT2D eigenvalue weighted by Gasteiger charge is 2.27. The summed E-state index contributed by atoms with van der Waals surface area (Å²) in [6.07, 6.45) is 4.22. The van der Waals surface area contributed by atoms with Crippen LogP contribution in [0.15, 0.2) is 24.3 Å². The van der Waals surface area contributed by atoms with E-state index in [9.17, 15) is 4.79 Å². The second-order valence-corrected chi connectivity index (χ2v) is 7.34. The van der Waals surface area contributed by atoms with Crippen LogP contribution >= 0.6 is 0 Å². The lowest BCUT2D eigenvalue weighted by molar-refractivity contribution is -0.919.